The molecule has 1 aliphatic rings. The zero-order chi connectivity index (χ0) is 19.7. The van der Waals surface area contributed by atoms with E-state index in [-0.39, 0.29) is 17.5 Å². The molecule has 4 heterocycles. The summed E-state index contributed by atoms with van der Waals surface area (Å²) >= 11 is 1.52. The molecule has 28 heavy (non-hydrogen) atoms. The largest absolute Gasteiger partial charge is 0.430 e. The molecule has 0 bridgehead atoms. The molecular weight excluding hydrogens is 382 g/mol. The summed E-state index contributed by atoms with van der Waals surface area (Å²) in [6.07, 6.45) is 0.857. The van der Waals surface area contributed by atoms with E-state index in [1.165, 1.54) is 28.2 Å². The Balaban J connectivity index is 1.68. The molecule has 3 aromatic rings. The molecule has 3 N–H and O–H groups in total. The van der Waals surface area contributed by atoms with E-state index < -0.39 is 17.8 Å². The van der Waals surface area contributed by atoms with Gasteiger partial charge in [-0.2, -0.15) is 5.10 Å². The van der Waals surface area contributed by atoms with E-state index in [0.29, 0.717) is 17.9 Å². The van der Waals surface area contributed by atoms with Gasteiger partial charge in [-0.3, -0.25) is 14.9 Å². The van der Waals surface area contributed by atoms with Crippen LogP contribution in [0.4, 0.5) is 5.82 Å². The molecule has 3 aromatic heterocycles. The summed E-state index contributed by atoms with van der Waals surface area (Å²) in [7, 11) is 0. The fourth-order valence-corrected chi connectivity index (χ4v) is 3.58. The maximum absolute atomic E-state index is 12.6. The number of aromatic nitrogens is 2. The molecule has 0 radical (unpaired) electrons. The smallest absolute Gasteiger partial charge is 0.335 e. The Kier molecular flexibility index (Phi) is 4.80. The van der Waals surface area contributed by atoms with Crippen LogP contribution < -0.4 is 21.6 Å². The van der Waals surface area contributed by atoms with Crippen molar-refractivity contribution < 1.29 is 14.0 Å². The predicted octanol–water partition coefficient (Wildman–Crippen LogP) is 1.77. The van der Waals surface area contributed by atoms with Crippen LogP contribution in [0.15, 0.2) is 51.2 Å². The second-order valence-corrected chi connectivity index (χ2v) is 7.32. The molecule has 9 nitrogen and oxygen atoms in total. The molecule has 1 fully saturated rings. The number of carbonyl (C=O) groups is 2. The highest BCUT2D eigenvalue weighted by atomic mass is 32.1. The van der Waals surface area contributed by atoms with Gasteiger partial charge < -0.3 is 15.1 Å². The van der Waals surface area contributed by atoms with Gasteiger partial charge in [0.25, 0.3) is 5.91 Å². The van der Waals surface area contributed by atoms with Gasteiger partial charge in [0, 0.05) is 24.6 Å². The minimum atomic E-state index is -0.603. The average molecular weight is 399 g/mol. The number of thiophene rings is 1. The lowest BCUT2D eigenvalue weighted by Crippen LogP contribution is -2.52. The molecule has 0 spiro atoms. The number of nitrogens with one attached hydrogen (secondary N) is 3. The van der Waals surface area contributed by atoms with E-state index in [1.54, 1.807) is 6.07 Å². The maximum Gasteiger partial charge on any atom is 0.335 e. The summed E-state index contributed by atoms with van der Waals surface area (Å²) < 4.78 is 6.28. The SMILES string of the molecule is CC1CC(=O)NC(n2nc(-c3cccs3)cc2NC(=O)c2ccc(=O)oc2)N1. The van der Waals surface area contributed by atoms with Crippen molar-refractivity contribution in [2.24, 2.45) is 0 Å². The van der Waals surface area contributed by atoms with Crippen LogP contribution in [0, 0.1) is 0 Å². The quantitative estimate of drug-likeness (QED) is 0.615. The van der Waals surface area contributed by atoms with Crippen molar-refractivity contribution in [3.63, 3.8) is 0 Å². The van der Waals surface area contributed by atoms with Gasteiger partial charge in [0.15, 0.2) is 6.29 Å². The normalized spacial score (nSPS) is 19.2. The van der Waals surface area contributed by atoms with Crippen LogP contribution in [-0.4, -0.2) is 27.6 Å². The summed E-state index contributed by atoms with van der Waals surface area (Å²) in [6.45, 7) is 1.90. The number of carbonyl (C=O) groups excluding carboxylic acids is 2. The van der Waals surface area contributed by atoms with Crippen LogP contribution in [0.3, 0.4) is 0 Å². The Hall–Kier alpha value is -3.24. The van der Waals surface area contributed by atoms with Gasteiger partial charge in [-0.25, -0.2) is 9.48 Å². The van der Waals surface area contributed by atoms with Crippen molar-refractivity contribution in [2.45, 2.75) is 25.7 Å². The van der Waals surface area contributed by atoms with Gasteiger partial charge in [0.1, 0.15) is 17.8 Å². The molecule has 4 rings (SSSR count). The van der Waals surface area contributed by atoms with Crippen molar-refractivity contribution in [3.8, 4) is 10.6 Å². The first-order valence-electron chi connectivity index (χ1n) is 8.58. The number of rotatable bonds is 4. The van der Waals surface area contributed by atoms with Crippen molar-refractivity contribution >= 4 is 29.0 Å². The second-order valence-electron chi connectivity index (χ2n) is 6.38. The lowest BCUT2D eigenvalue weighted by atomic mass is 10.2. The van der Waals surface area contributed by atoms with Crippen LogP contribution >= 0.6 is 11.3 Å². The Morgan fingerprint density at radius 2 is 2.21 bits per heavy atom. The van der Waals surface area contributed by atoms with Gasteiger partial charge in [0.05, 0.1) is 10.4 Å². The topological polar surface area (TPSA) is 118 Å². The summed E-state index contributed by atoms with van der Waals surface area (Å²) in [5, 5.41) is 15.3. The van der Waals surface area contributed by atoms with E-state index in [0.717, 1.165) is 11.1 Å². The maximum atomic E-state index is 12.6. The summed E-state index contributed by atoms with van der Waals surface area (Å²) in [5.74, 6) is -0.171. The Morgan fingerprint density at radius 1 is 1.36 bits per heavy atom. The molecule has 144 valence electrons. The molecule has 0 aromatic carbocycles. The fraction of sp³-hybridized carbons (Fsp3) is 0.222. The van der Waals surface area contributed by atoms with Gasteiger partial charge in [0.2, 0.25) is 5.91 Å². The van der Waals surface area contributed by atoms with E-state index in [4.69, 9.17) is 4.42 Å². The lowest BCUT2D eigenvalue weighted by Gasteiger charge is -2.30. The highest BCUT2D eigenvalue weighted by molar-refractivity contribution is 7.13. The van der Waals surface area contributed by atoms with E-state index in [9.17, 15) is 14.4 Å². The highest BCUT2D eigenvalue weighted by Gasteiger charge is 2.27. The highest BCUT2D eigenvalue weighted by Crippen LogP contribution is 2.28. The predicted molar refractivity (Wildman–Crippen MR) is 103 cm³/mol. The molecule has 2 amide bonds. The minimum Gasteiger partial charge on any atom is -0.430 e. The number of amides is 2. The molecular formula is C18H17N5O4S. The minimum absolute atomic E-state index is 0.0416. The molecule has 0 aliphatic carbocycles. The third-order valence-electron chi connectivity index (χ3n) is 4.19. The van der Waals surface area contributed by atoms with Crippen LogP contribution in [-0.2, 0) is 4.79 Å². The monoisotopic (exact) mass is 399 g/mol. The van der Waals surface area contributed by atoms with Crippen LogP contribution in [0.2, 0.25) is 0 Å². The first-order chi connectivity index (χ1) is 13.5. The van der Waals surface area contributed by atoms with Crippen molar-refractivity contribution in [2.75, 3.05) is 5.32 Å². The Bertz CT molecular complexity index is 1050. The van der Waals surface area contributed by atoms with Gasteiger partial charge in [-0.1, -0.05) is 6.07 Å². The summed E-state index contributed by atoms with van der Waals surface area (Å²) in [6, 6.07) is 8.07. The molecule has 2 unspecified atom stereocenters. The zero-order valence-corrected chi connectivity index (χ0v) is 15.7. The summed E-state index contributed by atoms with van der Waals surface area (Å²) in [5.41, 5.74) is 0.322. The Labute approximate surface area is 163 Å². The molecule has 1 aliphatic heterocycles. The van der Waals surface area contributed by atoms with Crippen molar-refractivity contribution in [1.82, 2.24) is 20.4 Å². The Morgan fingerprint density at radius 3 is 2.89 bits per heavy atom. The number of anilines is 1. The molecule has 2 atom stereocenters. The average Bonchev–Trinajstić information content (AvgIpc) is 3.31. The summed E-state index contributed by atoms with van der Waals surface area (Å²) in [4.78, 5) is 36.6. The van der Waals surface area contributed by atoms with Gasteiger partial charge >= 0.3 is 5.63 Å². The van der Waals surface area contributed by atoms with Crippen LogP contribution in [0.25, 0.3) is 10.6 Å². The fourth-order valence-electron chi connectivity index (χ4n) is 2.90. The molecule has 0 saturated carbocycles. The number of hydrogen-bond donors (Lipinski definition) is 3. The van der Waals surface area contributed by atoms with E-state index in [2.05, 4.69) is 21.0 Å². The van der Waals surface area contributed by atoms with Gasteiger partial charge in [-0.15, -0.1) is 11.3 Å². The number of hydrogen-bond acceptors (Lipinski definition) is 7. The van der Waals surface area contributed by atoms with Crippen molar-refractivity contribution in [1.29, 1.82) is 0 Å². The first-order valence-corrected chi connectivity index (χ1v) is 9.46. The molecule has 10 heteroatoms. The van der Waals surface area contributed by atoms with E-state index in [1.807, 2.05) is 24.4 Å². The zero-order valence-electron chi connectivity index (χ0n) is 14.8. The first kappa shape index (κ1) is 18.1. The second kappa shape index (κ2) is 7.41. The third-order valence-corrected chi connectivity index (χ3v) is 5.08. The van der Waals surface area contributed by atoms with Crippen molar-refractivity contribution in [3.05, 3.63) is 58.0 Å². The van der Waals surface area contributed by atoms with Crippen LogP contribution in [0.1, 0.15) is 30.0 Å². The lowest BCUT2D eigenvalue weighted by molar-refractivity contribution is -0.125. The standard InChI is InChI=1S/C18H17N5O4S/c1-10-7-15(24)21-18(19-10)23-14(8-12(22-23)13-3-2-6-28-13)20-17(26)11-4-5-16(25)27-9-11/h2-6,8-10,18-19H,7H2,1H3,(H,20,26)(H,21,24). The van der Waals surface area contributed by atoms with Gasteiger partial charge in [-0.05, 0) is 24.4 Å². The van der Waals surface area contributed by atoms with Crippen LogP contribution in [0.5, 0.6) is 0 Å². The molecule has 1 saturated heterocycles. The number of nitrogens with zero attached hydrogens (tertiary/aromatic N) is 2. The van der Waals surface area contributed by atoms with E-state index >= 15 is 0 Å². The third kappa shape index (κ3) is 3.73.